The predicted molar refractivity (Wildman–Crippen MR) is 72.6 cm³/mol. The van der Waals surface area contributed by atoms with Crippen LogP contribution >= 0.6 is 31.9 Å². The van der Waals surface area contributed by atoms with Crippen molar-refractivity contribution in [1.82, 2.24) is 9.97 Å². The van der Waals surface area contributed by atoms with Crippen LogP contribution in [0.4, 0.5) is 5.69 Å². The lowest BCUT2D eigenvalue weighted by Crippen LogP contribution is -2.01. The molecule has 17 heavy (non-hydrogen) atoms. The quantitative estimate of drug-likeness (QED) is 0.856. The number of nitrogens with zero attached hydrogens (tertiary/aromatic N) is 2. The zero-order valence-corrected chi connectivity index (χ0v) is 11.9. The van der Waals surface area contributed by atoms with Gasteiger partial charge in [0.25, 0.3) is 0 Å². The normalized spacial score (nSPS) is 10.2. The Labute approximate surface area is 115 Å². The summed E-state index contributed by atoms with van der Waals surface area (Å²) >= 11 is 6.79. The molecule has 0 saturated carbocycles. The molecular formula is C11H9Br2N3O. The molecule has 6 heteroatoms. The average molecular weight is 359 g/mol. The van der Waals surface area contributed by atoms with Gasteiger partial charge in [0.15, 0.2) is 5.82 Å². The maximum Gasteiger partial charge on any atom is 0.166 e. The van der Waals surface area contributed by atoms with Crippen molar-refractivity contribution in [2.45, 2.75) is 6.61 Å². The van der Waals surface area contributed by atoms with Gasteiger partial charge in [-0.25, -0.2) is 9.97 Å². The Bertz CT molecular complexity index is 496. The number of nitrogen functional groups attached to an aromatic ring is 1. The van der Waals surface area contributed by atoms with Crippen LogP contribution in [0.15, 0.2) is 39.5 Å². The molecule has 0 aliphatic carbocycles. The van der Waals surface area contributed by atoms with Crippen molar-refractivity contribution in [3.05, 3.63) is 45.4 Å². The molecule has 0 bridgehead atoms. The highest BCUT2D eigenvalue weighted by Gasteiger charge is 2.08. The molecule has 0 aliphatic rings. The SMILES string of the molecule is Nc1cc(Br)c(OCc2ncccn2)c(Br)c1. The first-order chi connectivity index (χ1) is 8.16. The lowest BCUT2D eigenvalue weighted by atomic mass is 10.3. The molecule has 2 N–H and O–H groups in total. The van der Waals surface area contributed by atoms with Crippen molar-refractivity contribution >= 4 is 37.5 Å². The molecule has 1 aromatic heterocycles. The van der Waals surface area contributed by atoms with Crippen LogP contribution in [0.1, 0.15) is 5.82 Å². The smallest absolute Gasteiger partial charge is 0.166 e. The van der Waals surface area contributed by atoms with Crippen molar-refractivity contribution in [1.29, 1.82) is 0 Å². The van der Waals surface area contributed by atoms with E-state index in [0.717, 1.165) is 8.95 Å². The number of ether oxygens (including phenoxy) is 1. The monoisotopic (exact) mass is 357 g/mol. The first kappa shape index (κ1) is 12.3. The molecule has 0 fully saturated rings. The molecule has 1 aromatic carbocycles. The molecule has 0 unspecified atom stereocenters. The van der Waals surface area contributed by atoms with Crippen LogP contribution in [-0.2, 0) is 6.61 Å². The van der Waals surface area contributed by atoms with Crippen LogP contribution in [0.5, 0.6) is 5.75 Å². The Balaban J connectivity index is 2.15. The minimum atomic E-state index is 0.307. The summed E-state index contributed by atoms with van der Waals surface area (Å²) in [6.07, 6.45) is 3.36. The summed E-state index contributed by atoms with van der Waals surface area (Å²) in [5.41, 5.74) is 6.35. The fourth-order valence-electron chi connectivity index (χ4n) is 1.26. The molecule has 0 radical (unpaired) electrons. The summed E-state index contributed by atoms with van der Waals surface area (Å²) < 4.78 is 7.22. The van der Waals surface area contributed by atoms with Gasteiger partial charge in [-0.15, -0.1) is 0 Å². The highest BCUT2D eigenvalue weighted by Crippen LogP contribution is 2.35. The number of halogens is 2. The zero-order chi connectivity index (χ0) is 12.3. The van der Waals surface area contributed by atoms with Crippen molar-refractivity contribution in [3.63, 3.8) is 0 Å². The molecule has 0 saturated heterocycles. The molecule has 0 atom stereocenters. The van der Waals surface area contributed by atoms with Crippen LogP contribution in [-0.4, -0.2) is 9.97 Å². The number of hydrogen-bond donors (Lipinski definition) is 1. The van der Waals surface area contributed by atoms with Gasteiger partial charge >= 0.3 is 0 Å². The van der Waals surface area contributed by atoms with Gasteiger partial charge in [-0.2, -0.15) is 0 Å². The van der Waals surface area contributed by atoms with E-state index in [4.69, 9.17) is 10.5 Å². The van der Waals surface area contributed by atoms with E-state index in [1.807, 2.05) is 0 Å². The van der Waals surface area contributed by atoms with Gasteiger partial charge in [-0.05, 0) is 50.1 Å². The zero-order valence-electron chi connectivity index (χ0n) is 8.73. The van der Waals surface area contributed by atoms with Crippen LogP contribution in [0.2, 0.25) is 0 Å². The van der Waals surface area contributed by atoms with E-state index >= 15 is 0 Å². The summed E-state index contributed by atoms with van der Waals surface area (Å²) in [5.74, 6) is 1.31. The van der Waals surface area contributed by atoms with Crippen LogP contribution in [0.25, 0.3) is 0 Å². The number of hydrogen-bond acceptors (Lipinski definition) is 4. The minimum absolute atomic E-state index is 0.307. The number of benzene rings is 1. The maximum absolute atomic E-state index is 5.70. The van der Waals surface area contributed by atoms with Crippen molar-refractivity contribution in [2.75, 3.05) is 5.73 Å². The number of rotatable bonds is 3. The van der Waals surface area contributed by atoms with Gasteiger partial charge in [-0.1, -0.05) is 0 Å². The van der Waals surface area contributed by atoms with Gasteiger partial charge in [0.2, 0.25) is 0 Å². The summed E-state index contributed by atoms with van der Waals surface area (Å²) in [6, 6.07) is 5.33. The second kappa shape index (κ2) is 5.46. The highest BCUT2D eigenvalue weighted by atomic mass is 79.9. The van der Waals surface area contributed by atoms with Crippen LogP contribution in [0.3, 0.4) is 0 Å². The second-order valence-electron chi connectivity index (χ2n) is 3.27. The first-order valence-electron chi connectivity index (χ1n) is 4.80. The molecule has 2 rings (SSSR count). The van der Waals surface area contributed by atoms with E-state index in [1.54, 1.807) is 30.6 Å². The Morgan fingerprint density at radius 3 is 2.29 bits per heavy atom. The van der Waals surface area contributed by atoms with Gasteiger partial charge in [0.1, 0.15) is 12.4 Å². The Morgan fingerprint density at radius 1 is 1.12 bits per heavy atom. The Morgan fingerprint density at radius 2 is 1.71 bits per heavy atom. The van der Waals surface area contributed by atoms with Gasteiger partial charge in [-0.3, -0.25) is 0 Å². The molecular weight excluding hydrogens is 350 g/mol. The third-order valence-corrected chi connectivity index (χ3v) is 3.16. The number of aromatic nitrogens is 2. The fraction of sp³-hybridized carbons (Fsp3) is 0.0909. The third-order valence-electron chi connectivity index (χ3n) is 1.99. The van der Waals surface area contributed by atoms with Crippen molar-refractivity contribution in [3.8, 4) is 5.75 Å². The topological polar surface area (TPSA) is 61.0 Å². The summed E-state index contributed by atoms with van der Waals surface area (Å²) in [5, 5.41) is 0. The van der Waals surface area contributed by atoms with Crippen molar-refractivity contribution in [2.24, 2.45) is 0 Å². The third kappa shape index (κ3) is 3.17. The summed E-state index contributed by atoms with van der Waals surface area (Å²) in [7, 11) is 0. The summed E-state index contributed by atoms with van der Waals surface area (Å²) in [6.45, 7) is 0.307. The minimum Gasteiger partial charge on any atom is -0.483 e. The van der Waals surface area contributed by atoms with E-state index in [2.05, 4.69) is 41.8 Å². The first-order valence-corrected chi connectivity index (χ1v) is 6.38. The molecule has 4 nitrogen and oxygen atoms in total. The molecule has 88 valence electrons. The number of nitrogens with two attached hydrogens (primary N) is 1. The lowest BCUT2D eigenvalue weighted by molar-refractivity contribution is 0.292. The van der Waals surface area contributed by atoms with Gasteiger partial charge in [0, 0.05) is 18.1 Å². The van der Waals surface area contributed by atoms with Crippen LogP contribution < -0.4 is 10.5 Å². The van der Waals surface area contributed by atoms with Crippen molar-refractivity contribution < 1.29 is 4.74 Å². The Kier molecular flexibility index (Phi) is 3.96. The maximum atomic E-state index is 5.70. The second-order valence-corrected chi connectivity index (χ2v) is 4.98. The number of anilines is 1. The van der Waals surface area contributed by atoms with E-state index in [0.29, 0.717) is 23.9 Å². The largest absolute Gasteiger partial charge is 0.483 e. The predicted octanol–water partition coefficient (Wildman–Crippen LogP) is 3.16. The van der Waals surface area contributed by atoms with E-state index in [9.17, 15) is 0 Å². The molecule has 1 heterocycles. The Hall–Kier alpha value is -1.14. The van der Waals surface area contributed by atoms with Gasteiger partial charge < -0.3 is 10.5 Å². The molecule has 0 spiro atoms. The lowest BCUT2D eigenvalue weighted by Gasteiger charge is -2.10. The standard InChI is InChI=1S/C11H9Br2N3O/c12-8-4-7(14)5-9(13)11(8)17-6-10-15-2-1-3-16-10/h1-5H,6,14H2. The van der Waals surface area contributed by atoms with E-state index in [-0.39, 0.29) is 0 Å². The fourth-order valence-corrected chi connectivity index (χ4v) is 2.71. The van der Waals surface area contributed by atoms with E-state index in [1.165, 1.54) is 0 Å². The average Bonchev–Trinajstić information content (AvgIpc) is 2.29. The van der Waals surface area contributed by atoms with Gasteiger partial charge in [0.05, 0.1) is 8.95 Å². The van der Waals surface area contributed by atoms with E-state index < -0.39 is 0 Å². The molecule has 0 aliphatic heterocycles. The molecule has 0 amide bonds. The highest BCUT2D eigenvalue weighted by molar-refractivity contribution is 9.11. The molecule has 2 aromatic rings. The summed E-state index contributed by atoms with van der Waals surface area (Å²) in [4.78, 5) is 8.16. The van der Waals surface area contributed by atoms with Crippen LogP contribution in [0, 0.1) is 0 Å².